The molecule has 26 heavy (non-hydrogen) atoms. The number of para-hydroxylation sites is 1. The highest BCUT2D eigenvalue weighted by Crippen LogP contribution is 2.18. The van der Waals surface area contributed by atoms with E-state index in [2.05, 4.69) is 10.3 Å². The fraction of sp³-hybridized carbons (Fsp3) is 0.333. The molecule has 0 unspecified atom stereocenters. The highest BCUT2D eigenvalue weighted by molar-refractivity contribution is 7.88. The lowest BCUT2D eigenvalue weighted by Crippen LogP contribution is -2.41. The SMILES string of the molecule is COc1ccccc1CCN(CC(=O)NCc1cccnc1)S(C)(=O)=O. The zero-order valence-electron chi connectivity index (χ0n) is 14.9. The number of ether oxygens (including phenoxy) is 1. The van der Waals surface area contributed by atoms with Crippen LogP contribution in [-0.4, -0.2) is 50.1 Å². The Morgan fingerprint density at radius 2 is 2.00 bits per heavy atom. The summed E-state index contributed by atoms with van der Waals surface area (Å²) in [5, 5.41) is 2.71. The number of carbonyl (C=O) groups excluding carboxylic acids is 1. The van der Waals surface area contributed by atoms with Crippen LogP contribution in [0, 0.1) is 0 Å². The average molecular weight is 377 g/mol. The first-order valence-electron chi connectivity index (χ1n) is 8.13. The van der Waals surface area contributed by atoms with Crippen molar-refractivity contribution in [1.82, 2.24) is 14.6 Å². The third-order valence-electron chi connectivity index (χ3n) is 3.82. The van der Waals surface area contributed by atoms with Crippen LogP contribution in [0.4, 0.5) is 0 Å². The average Bonchev–Trinajstić information content (AvgIpc) is 2.63. The maximum absolute atomic E-state index is 12.1. The normalized spacial score (nSPS) is 11.3. The summed E-state index contributed by atoms with van der Waals surface area (Å²) in [6, 6.07) is 11.0. The molecule has 1 aromatic heterocycles. The molecule has 0 aliphatic rings. The van der Waals surface area contributed by atoms with Crippen molar-refractivity contribution < 1.29 is 17.9 Å². The Balaban J connectivity index is 1.95. The minimum Gasteiger partial charge on any atom is -0.496 e. The van der Waals surface area contributed by atoms with Gasteiger partial charge in [0.2, 0.25) is 15.9 Å². The molecule has 2 rings (SSSR count). The lowest BCUT2D eigenvalue weighted by atomic mass is 10.1. The number of amides is 1. The first-order valence-corrected chi connectivity index (χ1v) is 9.97. The van der Waals surface area contributed by atoms with Gasteiger partial charge in [-0.25, -0.2) is 8.42 Å². The molecule has 0 atom stereocenters. The van der Waals surface area contributed by atoms with Gasteiger partial charge < -0.3 is 10.1 Å². The summed E-state index contributed by atoms with van der Waals surface area (Å²) >= 11 is 0. The van der Waals surface area contributed by atoms with Gasteiger partial charge in [-0.15, -0.1) is 0 Å². The predicted molar refractivity (Wildman–Crippen MR) is 99.2 cm³/mol. The summed E-state index contributed by atoms with van der Waals surface area (Å²) < 4.78 is 30.5. The Hall–Kier alpha value is -2.45. The molecule has 0 saturated carbocycles. The molecule has 1 aromatic carbocycles. The van der Waals surface area contributed by atoms with E-state index in [0.29, 0.717) is 18.7 Å². The number of rotatable bonds is 9. The van der Waals surface area contributed by atoms with E-state index in [-0.39, 0.29) is 19.0 Å². The predicted octanol–water partition coefficient (Wildman–Crippen LogP) is 1.21. The van der Waals surface area contributed by atoms with E-state index >= 15 is 0 Å². The van der Waals surface area contributed by atoms with Crippen molar-refractivity contribution in [2.24, 2.45) is 0 Å². The number of methoxy groups -OCH3 is 1. The Morgan fingerprint density at radius 3 is 2.65 bits per heavy atom. The molecule has 8 heteroatoms. The van der Waals surface area contributed by atoms with Crippen LogP contribution in [-0.2, 0) is 27.8 Å². The molecule has 0 bridgehead atoms. The maximum atomic E-state index is 12.1. The van der Waals surface area contributed by atoms with Crippen LogP contribution in [0.3, 0.4) is 0 Å². The van der Waals surface area contributed by atoms with Crippen LogP contribution in [0.1, 0.15) is 11.1 Å². The van der Waals surface area contributed by atoms with Gasteiger partial charge in [-0.3, -0.25) is 9.78 Å². The summed E-state index contributed by atoms with van der Waals surface area (Å²) in [4.78, 5) is 16.1. The molecule has 1 amide bonds. The number of hydrogen-bond donors (Lipinski definition) is 1. The summed E-state index contributed by atoms with van der Waals surface area (Å²) in [6.07, 6.45) is 4.85. The number of aromatic nitrogens is 1. The summed E-state index contributed by atoms with van der Waals surface area (Å²) in [5.41, 5.74) is 1.74. The monoisotopic (exact) mass is 377 g/mol. The largest absolute Gasteiger partial charge is 0.496 e. The topological polar surface area (TPSA) is 88.6 Å². The molecule has 0 saturated heterocycles. The molecular formula is C18H23N3O4S. The highest BCUT2D eigenvalue weighted by atomic mass is 32.2. The molecule has 1 N–H and O–H groups in total. The van der Waals surface area contributed by atoms with E-state index in [1.54, 1.807) is 25.6 Å². The van der Waals surface area contributed by atoms with Crippen molar-refractivity contribution in [3.63, 3.8) is 0 Å². The maximum Gasteiger partial charge on any atom is 0.235 e. The van der Waals surface area contributed by atoms with Crippen molar-refractivity contribution in [3.8, 4) is 5.75 Å². The van der Waals surface area contributed by atoms with Crippen molar-refractivity contribution in [3.05, 3.63) is 59.9 Å². The van der Waals surface area contributed by atoms with Crippen molar-refractivity contribution in [1.29, 1.82) is 0 Å². The van der Waals surface area contributed by atoms with Gasteiger partial charge >= 0.3 is 0 Å². The van der Waals surface area contributed by atoms with E-state index < -0.39 is 10.0 Å². The zero-order chi connectivity index (χ0) is 19.0. The molecule has 140 valence electrons. The minimum atomic E-state index is -3.51. The van der Waals surface area contributed by atoms with Gasteiger partial charge in [-0.2, -0.15) is 4.31 Å². The van der Waals surface area contributed by atoms with Crippen LogP contribution < -0.4 is 10.1 Å². The van der Waals surface area contributed by atoms with E-state index in [1.807, 2.05) is 30.3 Å². The van der Waals surface area contributed by atoms with Gasteiger partial charge in [-0.1, -0.05) is 24.3 Å². The Morgan fingerprint density at radius 1 is 1.23 bits per heavy atom. The Kier molecular flexibility index (Phi) is 7.11. The van der Waals surface area contributed by atoms with Crippen LogP contribution in [0.5, 0.6) is 5.75 Å². The van der Waals surface area contributed by atoms with Crippen LogP contribution in [0.15, 0.2) is 48.8 Å². The van der Waals surface area contributed by atoms with Gasteiger partial charge in [0.25, 0.3) is 0 Å². The van der Waals surface area contributed by atoms with Crippen molar-refractivity contribution in [2.75, 3.05) is 26.5 Å². The first-order chi connectivity index (χ1) is 12.4. The fourth-order valence-corrected chi connectivity index (χ4v) is 3.21. The number of nitrogens with one attached hydrogen (secondary N) is 1. The molecule has 0 aliphatic carbocycles. The number of nitrogens with zero attached hydrogens (tertiary/aromatic N) is 2. The quantitative estimate of drug-likeness (QED) is 0.710. The molecular weight excluding hydrogens is 354 g/mol. The Labute approximate surface area is 154 Å². The van der Waals surface area contributed by atoms with Crippen LogP contribution in [0.25, 0.3) is 0 Å². The van der Waals surface area contributed by atoms with Gasteiger partial charge in [0.1, 0.15) is 5.75 Å². The van der Waals surface area contributed by atoms with E-state index in [4.69, 9.17) is 4.74 Å². The lowest BCUT2D eigenvalue weighted by Gasteiger charge is -2.20. The number of carbonyl (C=O) groups is 1. The second kappa shape index (κ2) is 9.30. The minimum absolute atomic E-state index is 0.194. The highest BCUT2D eigenvalue weighted by Gasteiger charge is 2.20. The zero-order valence-corrected chi connectivity index (χ0v) is 15.7. The summed E-state index contributed by atoms with van der Waals surface area (Å²) in [5.74, 6) is 0.335. The first kappa shape index (κ1) is 19.9. The second-order valence-electron chi connectivity index (χ2n) is 5.80. The summed E-state index contributed by atoms with van der Waals surface area (Å²) in [6.45, 7) is 0.268. The summed E-state index contributed by atoms with van der Waals surface area (Å²) in [7, 11) is -1.94. The number of benzene rings is 1. The molecule has 2 aromatic rings. The molecule has 0 fully saturated rings. The van der Waals surface area contributed by atoms with Gasteiger partial charge in [0.15, 0.2) is 0 Å². The molecule has 0 aliphatic heterocycles. The van der Waals surface area contributed by atoms with Crippen molar-refractivity contribution >= 4 is 15.9 Å². The van der Waals surface area contributed by atoms with E-state index in [0.717, 1.165) is 21.7 Å². The standard InChI is InChI=1S/C18H23N3O4S/c1-25-17-8-4-3-7-16(17)9-11-21(26(2,23)24)14-18(22)20-13-15-6-5-10-19-12-15/h3-8,10,12H,9,11,13-14H2,1-2H3,(H,20,22). The van der Waals surface area contributed by atoms with Gasteiger partial charge in [-0.05, 0) is 29.7 Å². The molecule has 0 radical (unpaired) electrons. The number of pyridine rings is 1. The smallest absolute Gasteiger partial charge is 0.235 e. The molecule has 0 spiro atoms. The van der Waals surface area contributed by atoms with Crippen LogP contribution in [0.2, 0.25) is 0 Å². The number of hydrogen-bond acceptors (Lipinski definition) is 5. The molecule has 7 nitrogen and oxygen atoms in total. The third kappa shape index (κ3) is 6.12. The van der Waals surface area contributed by atoms with Crippen molar-refractivity contribution in [2.45, 2.75) is 13.0 Å². The second-order valence-corrected chi connectivity index (χ2v) is 7.78. The fourth-order valence-electron chi connectivity index (χ4n) is 2.44. The van der Waals surface area contributed by atoms with Gasteiger partial charge in [0.05, 0.1) is 19.9 Å². The van der Waals surface area contributed by atoms with E-state index in [1.165, 1.54) is 0 Å². The lowest BCUT2D eigenvalue weighted by molar-refractivity contribution is -0.121. The molecule has 1 heterocycles. The van der Waals surface area contributed by atoms with Gasteiger partial charge in [0, 0.05) is 25.5 Å². The van der Waals surface area contributed by atoms with Crippen LogP contribution >= 0.6 is 0 Å². The Bertz CT molecular complexity index is 825. The number of sulfonamides is 1. The third-order valence-corrected chi connectivity index (χ3v) is 5.07. The van der Waals surface area contributed by atoms with E-state index in [9.17, 15) is 13.2 Å².